The zero-order valence-corrected chi connectivity index (χ0v) is 10.7. The molecular formula is C12H18N6O. The molecule has 1 saturated heterocycles. The van der Waals surface area contributed by atoms with Gasteiger partial charge in [0.15, 0.2) is 5.65 Å². The lowest BCUT2D eigenvalue weighted by atomic mass is 10.1. The SMILES string of the molecule is NCCCC1CCCN1c1ccc2n[nH]c(=O)n2n1. The predicted molar refractivity (Wildman–Crippen MR) is 72.3 cm³/mol. The predicted octanol–water partition coefficient (Wildman–Crippen LogP) is 0.125. The number of hydrogen-bond acceptors (Lipinski definition) is 5. The van der Waals surface area contributed by atoms with Crippen LogP contribution in [0.25, 0.3) is 5.65 Å². The molecule has 0 aromatic carbocycles. The Morgan fingerprint density at radius 2 is 2.37 bits per heavy atom. The number of rotatable bonds is 4. The molecule has 0 amide bonds. The fourth-order valence-electron chi connectivity index (χ4n) is 2.74. The Morgan fingerprint density at radius 3 is 3.21 bits per heavy atom. The Hall–Kier alpha value is -1.89. The van der Waals surface area contributed by atoms with Crippen LogP contribution in [0.1, 0.15) is 25.7 Å². The summed E-state index contributed by atoms with van der Waals surface area (Å²) in [6.07, 6.45) is 4.43. The average molecular weight is 262 g/mol. The van der Waals surface area contributed by atoms with Crippen LogP contribution < -0.4 is 16.3 Å². The Morgan fingerprint density at radius 1 is 1.47 bits per heavy atom. The Labute approximate surface area is 110 Å². The summed E-state index contributed by atoms with van der Waals surface area (Å²) in [5.74, 6) is 0.843. The number of H-pyrrole nitrogens is 1. The molecule has 1 fully saturated rings. The van der Waals surface area contributed by atoms with Gasteiger partial charge in [-0.05, 0) is 44.4 Å². The van der Waals surface area contributed by atoms with Crippen LogP contribution in [0, 0.1) is 0 Å². The second kappa shape index (κ2) is 5.00. The fourth-order valence-corrected chi connectivity index (χ4v) is 2.74. The molecule has 0 radical (unpaired) electrons. The first-order valence-corrected chi connectivity index (χ1v) is 6.71. The molecule has 19 heavy (non-hydrogen) atoms. The van der Waals surface area contributed by atoms with Gasteiger partial charge in [0.05, 0.1) is 0 Å². The van der Waals surface area contributed by atoms with Crippen LogP contribution in [0.2, 0.25) is 0 Å². The summed E-state index contributed by atoms with van der Waals surface area (Å²) < 4.78 is 1.31. The van der Waals surface area contributed by atoms with E-state index in [0.29, 0.717) is 11.7 Å². The standard InChI is InChI=1S/C12H18N6O/c13-7-1-3-9-4-2-8-17(9)11-6-5-10-14-15-12(19)18(10)16-11/h5-6,9H,1-4,7-8,13H2,(H,15,19). The van der Waals surface area contributed by atoms with Gasteiger partial charge in [-0.15, -0.1) is 5.10 Å². The fraction of sp³-hybridized carbons (Fsp3) is 0.583. The summed E-state index contributed by atoms with van der Waals surface area (Å²) in [6, 6.07) is 4.23. The number of aromatic nitrogens is 4. The Balaban J connectivity index is 1.89. The number of aromatic amines is 1. The van der Waals surface area contributed by atoms with Crippen LogP contribution in [0.4, 0.5) is 5.82 Å². The number of fused-ring (bicyclic) bond motifs is 1. The molecule has 1 aliphatic rings. The molecule has 1 unspecified atom stereocenters. The van der Waals surface area contributed by atoms with Crippen molar-refractivity contribution >= 4 is 11.5 Å². The van der Waals surface area contributed by atoms with E-state index in [1.54, 1.807) is 0 Å². The van der Waals surface area contributed by atoms with E-state index < -0.39 is 0 Å². The van der Waals surface area contributed by atoms with Gasteiger partial charge >= 0.3 is 5.69 Å². The van der Waals surface area contributed by atoms with Crippen molar-refractivity contribution in [1.82, 2.24) is 19.8 Å². The highest BCUT2D eigenvalue weighted by atomic mass is 16.2. The summed E-state index contributed by atoms with van der Waals surface area (Å²) in [4.78, 5) is 13.8. The van der Waals surface area contributed by atoms with Gasteiger partial charge in [0.25, 0.3) is 0 Å². The number of hydrogen-bond donors (Lipinski definition) is 2. The third-order valence-electron chi connectivity index (χ3n) is 3.67. The smallest absolute Gasteiger partial charge is 0.352 e. The van der Waals surface area contributed by atoms with Gasteiger partial charge in [0.2, 0.25) is 0 Å². The highest BCUT2D eigenvalue weighted by molar-refractivity contribution is 5.46. The maximum absolute atomic E-state index is 11.5. The first kappa shape index (κ1) is 12.2. The zero-order chi connectivity index (χ0) is 13.2. The molecule has 3 N–H and O–H groups in total. The maximum Gasteiger partial charge on any atom is 0.364 e. The molecule has 0 bridgehead atoms. The van der Waals surface area contributed by atoms with E-state index in [4.69, 9.17) is 5.73 Å². The van der Waals surface area contributed by atoms with Gasteiger partial charge in [0, 0.05) is 12.6 Å². The number of nitrogens with zero attached hydrogens (tertiary/aromatic N) is 4. The molecule has 0 saturated carbocycles. The van der Waals surface area contributed by atoms with E-state index in [9.17, 15) is 4.79 Å². The molecule has 1 atom stereocenters. The van der Waals surface area contributed by atoms with Gasteiger partial charge < -0.3 is 10.6 Å². The number of nitrogens with one attached hydrogen (secondary N) is 1. The van der Waals surface area contributed by atoms with Crippen molar-refractivity contribution in [1.29, 1.82) is 0 Å². The second-order valence-corrected chi connectivity index (χ2v) is 4.91. The van der Waals surface area contributed by atoms with Crippen LogP contribution in [-0.2, 0) is 0 Å². The molecule has 0 aliphatic carbocycles. The molecule has 7 heteroatoms. The van der Waals surface area contributed by atoms with E-state index in [-0.39, 0.29) is 5.69 Å². The third kappa shape index (κ3) is 2.21. The maximum atomic E-state index is 11.5. The van der Waals surface area contributed by atoms with Gasteiger partial charge in [-0.25, -0.2) is 9.89 Å². The van der Waals surface area contributed by atoms with Crippen molar-refractivity contribution in [2.24, 2.45) is 5.73 Å². The van der Waals surface area contributed by atoms with Crippen molar-refractivity contribution in [2.45, 2.75) is 31.7 Å². The molecule has 7 nitrogen and oxygen atoms in total. The van der Waals surface area contributed by atoms with Crippen LogP contribution in [-0.4, -0.2) is 38.9 Å². The molecule has 2 aromatic heterocycles. The lowest BCUT2D eigenvalue weighted by Gasteiger charge is -2.25. The van der Waals surface area contributed by atoms with Gasteiger partial charge in [-0.1, -0.05) is 0 Å². The lowest BCUT2D eigenvalue weighted by Crippen LogP contribution is -2.31. The van der Waals surface area contributed by atoms with Crippen molar-refractivity contribution in [3.8, 4) is 0 Å². The number of nitrogens with two attached hydrogens (primary N) is 1. The van der Waals surface area contributed by atoms with E-state index in [2.05, 4.69) is 20.2 Å². The first-order valence-electron chi connectivity index (χ1n) is 6.71. The lowest BCUT2D eigenvalue weighted by molar-refractivity contribution is 0.579. The first-order chi connectivity index (χ1) is 9.29. The summed E-state index contributed by atoms with van der Waals surface area (Å²) in [7, 11) is 0. The summed E-state index contributed by atoms with van der Waals surface area (Å²) in [5, 5.41) is 10.7. The van der Waals surface area contributed by atoms with Crippen LogP contribution in [0.5, 0.6) is 0 Å². The molecule has 2 aromatic rings. The van der Waals surface area contributed by atoms with Gasteiger partial charge in [-0.2, -0.15) is 9.61 Å². The van der Waals surface area contributed by atoms with E-state index in [1.165, 1.54) is 10.9 Å². The molecule has 1 aliphatic heterocycles. The zero-order valence-electron chi connectivity index (χ0n) is 10.7. The number of anilines is 1. The molecule has 3 rings (SSSR count). The molecular weight excluding hydrogens is 244 g/mol. The minimum absolute atomic E-state index is 0.297. The quantitative estimate of drug-likeness (QED) is 0.816. The van der Waals surface area contributed by atoms with Gasteiger partial charge in [0.1, 0.15) is 5.82 Å². The summed E-state index contributed by atoms with van der Waals surface area (Å²) in [6.45, 7) is 1.71. The van der Waals surface area contributed by atoms with Crippen molar-refractivity contribution < 1.29 is 0 Å². The van der Waals surface area contributed by atoms with Crippen LogP contribution in [0.15, 0.2) is 16.9 Å². The highest BCUT2D eigenvalue weighted by Gasteiger charge is 2.25. The van der Waals surface area contributed by atoms with Crippen LogP contribution >= 0.6 is 0 Å². The van der Waals surface area contributed by atoms with Crippen molar-refractivity contribution in [2.75, 3.05) is 18.0 Å². The van der Waals surface area contributed by atoms with E-state index >= 15 is 0 Å². The summed E-state index contributed by atoms with van der Waals surface area (Å²) in [5.41, 5.74) is 5.83. The molecule has 102 valence electrons. The molecule has 0 spiro atoms. The molecule has 3 heterocycles. The largest absolute Gasteiger partial charge is 0.364 e. The monoisotopic (exact) mass is 262 g/mol. The second-order valence-electron chi connectivity index (χ2n) is 4.91. The van der Waals surface area contributed by atoms with E-state index in [0.717, 1.165) is 38.2 Å². The van der Waals surface area contributed by atoms with Crippen LogP contribution in [0.3, 0.4) is 0 Å². The van der Waals surface area contributed by atoms with Gasteiger partial charge in [-0.3, -0.25) is 0 Å². The topological polar surface area (TPSA) is 92.3 Å². The highest BCUT2D eigenvalue weighted by Crippen LogP contribution is 2.26. The minimum Gasteiger partial charge on any atom is -0.352 e. The van der Waals surface area contributed by atoms with Crippen molar-refractivity contribution in [3.63, 3.8) is 0 Å². The van der Waals surface area contributed by atoms with Crippen molar-refractivity contribution in [3.05, 3.63) is 22.6 Å². The third-order valence-corrected chi connectivity index (χ3v) is 3.67. The summed E-state index contributed by atoms with van der Waals surface area (Å²) >= 11 is 0. The Kier molecular flexibility index (Phi) is 3.20. The normalized spacial score (nSPS) is 19.4. The average Bonchev–Trinajstić information content (AvgIpc) is 3.03. The van der Waals surface area contributed by atoms with E-state index in [1.807, 2.05) is 12.1 Å². The minimum atomic E-state index is -0.297. The Bertz CT molecular complexity index is 618.